The summed E-state index contributed by atoms with van der Waals surface area (Å²) in [6.45, 7) is 5.13. The summed E-state index contributed by atoms with van der Waals surface area (Å²) in [7, 11) is 1.62. The molecule has 4 nitrogen and oxygen atoms in total. The number of hydrogen-bond donors (Lipinski definition) is 0. The second-order valence-corrected chi connectivity index (χ2v) is 4.70. The van der Waals surface area contributed by atoms with E-state index in [2.05, 4.69) is 15.9 Å². The van der Waals surface area contributed by atoms with Gasteiger partial charge in [-0.3, -0.25) is 0 Å². The minimum absolute atomic E-state index is 0.252. The van der Waals surface area contributed by atoms with Gasteiger partial charge in [0.05, 0.1) is 7.11 Å². The molecule has 0 radical (unpaired) electrons. The Bertz CT molecular complexity index is 351. The van der Waals surface area contributed by atoms with E-state index in [1.807, 2.05) is 38.1 Å². The molecule has 0 N–H and O–H groups in total. The van der Waals surface area contributed by atoms with Gasteiger partial charge in [0.2, 0.25) is 0 Å². The van der Waals surface area contributed by atoms with Crippen LogP contribution in [0.15, 0.2) is 24.3 Å². The van der Waals surface area contributed by atoms with Crippen molar-refractivity contribution in [3.05, 3.63) is 24.3 Å². The number of halogens is 1. The predicted molar refractivity (Wildman–Crippen MR) is 73.4 cm³/mol. The summed E-state index contributed by atoms with van der Waals surface area (Å²) >= 11 is 3.40. The van der Waals surface area contributed by atoms with Gasteiger partial charge in [-0.1, -0.05) is 6.07 Å². The van der Waals surface area contributed by atoms with E-state index >= 15 is 0 Å². The Hall–Kier alpha value is -0.780. The first-order chi connectivity index (χ1) is 8.63. The van der Waals surface area contributed by atoms with Crippen LogP contribution in [0.1, 0.15) is 13.8 Å². The molecule has 0 aliphatic rings. The fourth-order valence-electron chi connectivity index (χ4n) is 1.42. The summed E-state index contributed by atoms with van der Waals surface area (Å²) in [5.41, 5.74) is 0. The Kier molecular flexibility index (Phi) is 6.46. The van der Waals surface area contributed by atoms with Gasteiger partial charge in [-0.25, -0.2) is 0 Å². The molecule has 1 aromatic rings. The highest BCUT2D eigenvalue weighted by molar-refractivity contribution is 9.10. The Balaban J connectivity index is 2.60. The van der Waals surface area contributed by atoms with Crippen molar-refractivity contribution in [1.82, 2.24) is 0 Å². The molecule has 5 heteroatoms. The second-order valence-electron chi connectivity index (χ2n) is 3.49. The fraction of sp³-hybridized carbons (Fsp3) is 0.538. The van der Waals surface area contributed by atoms with Crippen molar-refractivity contribution < 1.29 is 18.9 Å². The fourth-order valence-corrected chi connectivity index (χ4v) is 1.99. The average Bonchev–Trinajstić information content (AvgIpc) is 2.37. The molecule has 0 unspecified atom stereocenters. The Morgan fingerprint density at radius 3 is 2.28 bits per heavy atom. The molecule has 0 aliphatic carbocycles. The lowest BCUT2D eigenvalue weighted by Crippen LogP contribution is -2.35. The molecular formula is C13H19BrO4. The van der Waals surface area contributed by atoms with Crippen molar-refractivity contribution in [2.24, 2.45) is 0 Å². The van der Waals surface area contributed by atoms with Gasteiger partial charge in [-0.15, -0.1) is 0 Å². The average molecular weight is 319 g/mol. The van der Waals surface area contributed by atoms with Crippen molar-refractivity contribution in [2.45, 2.75) is 18.5 Å². The molecule has 102 valence electrons. The van der Waals surface area contributed by atoms with E-state index in [9.17, 15) is 0 Å². The zero-order chi connectivity index (χ0) is 13.4. The molecule has 1 aromatic carbocycles. The van der Waals surface area contributed by atoms with Crippen molar-refractivity contribution in [2.75, 3.05) is 26.9 Å². The Morgan fingerprint density at radius 1 is 1.11 bits per heavy atom. The van der Waals surface area contributed by atoms with E-state index in [0.717, 1.165) is 5.75 Å². The number of hydrogen-bond acceptors (Lipinski definition) is 4. The van der Waals surface area contributed by atoms with Crippen LogP contribution in [0.25, 0.3) is 0 Å². The summed E-state index contributed by atoms with van der Waals surface area (Å²) in [6.07, 6.45) is 0. The predicted octanol–water partition coefficient (Wildman–Crippen LogP) is 3.20. The Morgan fingerprint density at radius 2 is 1.72 bits per heavy atom. The third kappa shape index (κ3) is 4.84. The molecule has 0 aromatic heterocycles. The summed E-state index contributed by atoms with van der Waals surface area (Å²) in [5, 5.41) is 0. The summed E-state index contributed by atoms with van der Waals surface area (Å²) in [6, 6.07) is 7.39. The molecule has 1 rings (SSSR count). The maximum Gasteiger partial charge on any atom is 0.261 e. The van der Waals surface area contributed by atoms with Crippen LogP contribution in [0.5, 0.6) is 11.5 Å². The molecule has 0 heterocycles. The van der Waals surface area contributed by atoms with Crippen LogP contribution in [-0.2, 0) is 9.47 Å². The molecule has 0 fully saturated rings. The van der Waals surface area contributed by atoms with Gasteiger partial charge in [0, 0.05) is 19.3 Å². The smallest absolute Gasteiger partial charge is 0.261 e. The lowest BCUT2D eigenvalue weighted by molar-refractivity contribution is -0.175. The van der Waals surface area contributed by atoms with Gasteiger partial charge >= 0.3 is 0 Å². The molecule has 0 spiro atoms. The summed E-state index contributed by atoms with van der Waals surface area (Å²) in [4.78, 5) is 0. The van der Waals surface area contributed by atoms with Crippen LogP contribution in [0.4, 0.5) is 0 Å². The van der Waals surface area contributed by atoms with Gasteiger partial charge in [0.15, 0.2) is 6.61 Å². The largest absolute Gasteiger partial charge is 0.497 e. The van der Waals surface area contributed by atoms with Crippen LogP contribution in [0, 0.1) is 0 Å². The highest BCUT2D eigenvalue weighted by Gasteiger charge is 2.28. The van der Waals surface area contributed by atoms with Crippen molar-refractivity contribution in [1.29, 1.82) is 0 Å². The minimum atomic E-state index is -0.903. The molecule has 0 saturated carbocycles. The van der Waals surface area contributed by atoms with Crippen LogP contribution in [-0.4, -0.2) is 31.6 Å². The standard InChI is InChI=1S/C13H19BrO4/c1-4-17-13(14,18-5-2)10-16-12-8-6-7-11(9-12)15-3/h6-9H,4-5,10H2,1-3H3. The highest BCUT2D eigenvalue weighted by Crippen LogP contribution is 2.25. The van der Waals surface area contributed by atoms with Crippen molar-refractivity contribution >= 4 is 15.9 Å². The lowest BCUT2D eigenvalue weighted by Gasteiger charge is -2.26. The molecule has 0 amide bonds. The van der Waals surface area contributed by atoms with E-state index in [1.54, 1.807) is 7.11 Å². The van der Waals surface area contributed by atoms with Crippen molar-refractivity contribution in [3.63, 3.8) is 0 Å². The SMILES string of the molecule is CCOC(Br)(COc1cccc(OC)c1)OCC. The number of rotatable bonds is 8. The number of methoxy groups -OCH3 is 1. The van der Waals surface area contributed by atoms with Crippen LogP contribution in [0.2, 0.25) is 0 Å². The lowest BCUT2D eigenvalue weighted by atomic mass is 10.3. The van der Waals surface area contributed by atoms with Crippen LogP contribution in [0.3, 0.4) is 0 Å². The molecule has 0 saturated heterocycles. The van der Waals surface area contributed by atoms with Gasteiger partial charge in [0.25, 0.3) is 4.70 Å². The first kappa shape index (κ1) is 15.3. The zero-order valence-corrected chi connectivity index (χ0v) is 12.5. The first-order valence-electron chi connectivity index (χ1n) is 5.87. The van der Waals surface area contributed by atoms with E-state index in [4.69, 9.17) is 18.9 Å². The number of benzene rings is 1. The third-order valence-electron chi connectivity index (χ3n) is 2.17. The van der Waals surface area contributed by atoms with Gasteiger partial charge < -0.3 is 18.9 Å². The normalized spacial score (nSPS) is 11.3. The third-order valence-corrected chi connectivity index (χ3v) is 2.86. The zero-order valence-electron chi connectivity index (χ0n) is 10.9. The monoisotopic (exact) mass is 318 g/mol. The van der Waals surface area contributed by atoms with Gasteiger partial charge in [-0.05, 0) is 41.9 Å². The molecule has 0 bridgehead atoms. The summed E-state index contributed by atoms with van der Waals surface area (Å²) < 4.78 is 20.8. The quantitative estimate of drug-likeness (QED) is 0.545. The van der Waals surface area contributed by atoms with Crippen LogP contribution < -0.4 is 9.47 Å². The highest BCUT2D eigenvalue weighted by atomic mass is 79.9. The molecule has 18 heavy (non-hydrogen) atoms. The minimum Gasteiger partial charge on any atom is -0.497 e. The van der Waals surface area contributed by atoms with Gasteiger partial charge in [-0.2, -0.15) is 0 Å². The molecular weight excluding hydrogens is 300 g/mol. The number of ether oxygens (including phenoxy) is 4. The molecule has 0 atom stereocenters. The topological polar surface area (TPSA) is 36.9 Å². The van der Waals surface area contributed by atoms with E-state index in [0.29, 0.717) is 19.0 Å². The van der Waals surface area contributed by atoms with Gasteiger partial charge in [0.1, 0.15) is 11.5 Å². The van der Waals surface area contributed by atoms with Crippen LogP contribution >= 0.6 is 15.9 Å². The number of alkyl halides is 1. The molecule has 0 aliphatic heterocycles. The van der Waals surface area contributed by atoms with E-state index < -0.39 is 4.70 Å². The Labute approximate surface area is 116 Å². The second kappa shape index (κ2) is 7.61. The maximum absolute atomic E-state index is 5.64. The van der Waals surface area contributed by atoms with Crippen molar-refractivity contribution in [3.8, 4) is 11.5 Å². The van der Waals surface area contributed by atoms with E-state index in [-0.39, 0.29) is 6.61 Å². The van der Waals surface area contributed by atoms with E-state index in [1.165, 1.54) is 0 Å². The first-order valence-corrected chi connectivity index (χ1v) is 6.66. The summed E-state index contributed by atoms with van der Waals surface area (Å²) in [5.74, 6) is 1.46. The maximum atomic E-state index is 5.64.